The molecule has 7 heteroatoms. The van der Waals surface area contributed by atoms with Crippen LogP contribution in [0.5, 0.6) is 0 Å². The van der Waals surface area contributed by atoms with E-state index < -0.39 is 5.97 Å². The molecule has 1 aromatic carbocycles. The van der Waals surface area contributed by atoms with E-state index in [-0.39, 0.29) is 18.2 Å². The summed E-state index contributed by atoms with van der Waals surface area (Å²) in [6, 6.07) is 6.26. The minimum Gasteiger partial charge on any atom is -0.481 e. The van der Waals surface area contributed by atoms with Crippen LogP contribution < -0.4 is 10.6 Å². The van der Waals surface area contributed by atoms with Crippen molar-refractivity contribution in [3.8, 4) is 0 Å². The van der Waals surface area contributed by atoms with Gasteiger partial charge in [-0.2, -0.15) is 0 Å². The van der Waals surface area contributed by atoms with Gasteiger partial charge in [0.2, 0.25) is 5.91 Å². The lowest BCUT2D eigenvalue weighted by Gasteiger charge is -2.41. The fourth-order valence-electron chi connectivity index (χ4n) is 4.13. The van der Waals surface area contributed by atoms with Crippen molar-refractivity contribution in [3.63, 3.8) is 0 Å². The first-order valence-electron chi connectivity index (χ1n) is 10.9. The number of benzene rings is 1. The van der Waals surface area contributed by atoms with Gasteiger partial charge in [0.15, 0.2) is 0 Å². The first-order chi connectivity index (χ1) is 14.2. The van der Waals surface area contributed by atoms with Gasteiger partial charge in [0.1, 0.15) is 0 Å². The molecule has 0 aromatic heterocycles. The maximum absolute atomic E-state index is 12.3. The van der Waals surface area contributed by atoms with Crippen LogP contribution in [0.1, 0.15) is 57.9 Å². The van der Waals surface area contributed by atoms with Gasteiger partial charge in [-0.25, -0.2) is 0 Å². The number of hydrogen-bond acceptors (Lipinski definition) is 5. The van der Waals surface area contributed by atoms with Crippen LogP contribution in [0.4, 0.5) is 11.4 Å². The van der Waals surface area contributed by atoms with Crippen molar-refractivity contribution in [2.45, 2.75) is 58.4 Å². The molecule has 0 unspecified atom stereocenters. The van der Waals surface area contributed by atoms with Crippen LogP contribution in [-0.4, -0.2) is 61.3 Å². The zero-order valence-corrected chi connectivity index (χ0v) is 18.8. The number of carboxylic acids is 1. The molecule has 1 aliphatic rings. The van der Waals surface area contributed by atoms with Crippen molar-refractivity contribution in [1.29, 1.82) is 0 Å². The maximum Gasteiger partial charge on any atom is 0.303 e. The highest BCUT2D eigenvalue weighted by molar-refractivity contribution is 5.76. The highest BCUT2D eigenvalue weighted by atomic mass is 16.5. The van der Waals surface area contributed by atoms with Crippen molar-refractivity contribution < 1.29 is 19.4 Å². The quantitative estimate of drug-likeness (QED) is 0.565. The molecule has 30 heavy (non-hydrogen) atoms. The van der Waals surface area contributed by atoms with E-state index in [2.05, 4.69) is 18.7 Å². The van der Waals surface area contributed by atoms with E-state index >= 15 is 0 Å². The molecule has 0 aliphatic carbocycles. The van der Waals surface area contributed by atoms with Crippen LogP contribution >= 0.6 is 0 Å². The van der Waals surface area contributed by atoms with Gasteiger partial charge in [-0.1, -0.05) is 26.8 Å². The molecule has 2 rings (SSSR count). The van der Waals surface area contributed by atoms with E-state index in [0.29, 0.717) is 30.7 Å². The number of hydrogen-bond donors (Lipinski definition) is 2. The number of amides is 1. The largest absolute Gasteiger partial charge is 0.481 e. The molecule has 168 valence electrons. The van der Waals surface area contributed by atoms with E-state index in [1.807, 2.05) is 30.0 Å². The fraction of sp³-hybridized carbons (Fsp3) is 0.652. The molecule has 3 N–H and O–H groups in total. The number of rotatable bonds is 10. The Hall–Kier alpha value is -2.28. The van der Waals surface area contributed by atoms with E-state index in [1.165, 1.54) is 0 Å². The number of methoxy groups -OCH3 is 1. The standard InChI is InChI=1S/C23H37N3O4/c1-16(2)15-26(19-7-10-25(11-8-19)22(27)9-12-30-4)21-6-5-18(14-20(21)24)17(3)13-23(28)29/h5-6,14,16-17,19H,7-13,15,24H2,1-4H3,(H,28,29)/t17-/m1/s1. The number of piperidine rings is 1. The molecule has 0 radical (unpaired) electrons. The van der Waals surface area contributed by atoms with Crippen molar-refractivity contribution >= 4 is 23.3 Å². The minimum atomic E-state index is -0.807. The van der Waals surface area contributed by atoms with Crippen LogP contribution in [0.3, 0.4) is 0 Å². The number of nitrogens with zero attached hydrogens (tertiary/aromatic N) is 2. The van der Waals surface area contributed by atoms with Crippen LogP contribution in [0.25, 0.3) is 0 Å². The summed E-state index contributed by atoms with van der Waals surface area (Å²) < 4.78 is 5.02. The van der Waals surface area contributed by atoms with E-state index in [1.54, 1.807) is 7.11 Å². The second-order valence-corrected chi connectivity index (χ2v) is 8.72. The summed E-state index contributed by atoms with van der Waals surface area (Å²) in [5, 5.41) is 9.06. The van der Waals surface area contributed by atoms with Gasteiger partial charge >= 0.3 is 5.97 Å². The molecule has 1 aromatic rings. The van der Waals surface area contributed by atoms with Gasteiger partial charge in [0.25, 0.3) is 0 Å². The number of likely N-dealkylation sites (tertiary alicyclic amines) is 1. The van der Waals surface area contributed by atoms with E-state index in [4.69, 9.17) is 15.6 Å². The monoisotopic (exact) mass is 419 g/mol. The normalized spacial score (nSPS) is 16.0. The summed E-state index contributed by atoms with van der Waals surface area (Å²) in [7, 11) is 1.61. The molecule has 1 amide bonds. The zero-order chi connectivity index (χ0) is 22.3. The average molecular weight is 420 g/mol. The molecule has 0 spiro atoms. The fourth-order valence-corrected chi connectivity index (χ4v) is 4.13. The Balaban J connectivity index is 2.13. The van der Waals surface area contributed by atoms with Crippen molar-refractivity contribution in [2.24, 2.45) is 5.92 Å². The topological polar surface area (TPSA) is 96.1 Å². The SMILES string of the molecule is COCCC(=O)N1CCC(N(CC(C)C)c2ccc([C@H](C)CC(=O)O)cc2N)CC1. The summed E-state index contributed by atoms with van der Waals surface area (Å²) in [5.74, 6) is -0.268. The highest BCUT2D eigenvalue weighted by Crippen LogP contribution is 2.33. The number of carbonyl (C=O) groups is 2. The molecule has 7 nitrogen and oxygen atoms in total. The third kappa shape index (κ3) is 6.62. The van der Waals surface area contributed by atoms with Gasteiger partial charge in [-0.3, -0.25) is 9.59 Å². The van der Waals surface area contributed by atoms with E-state index in [0.717, 1.165) is 43.7 Å². The molecule has 1 heterocycles. The number of carbonyl (C=O) groups excluding carboxylic acids is 1. The maximum atomic E-state index is 12.3. The third-order valence-corrected chi connectivity index (χ3v) is 5.75. The Labute approximate surface area is 180 Å². The summed E-state index contributed by atoms with van der Waals surface area (Å²) in [4.78, 5) is 27.6. The Morgan fingerprint density at radius 2 is 1.93 bits per heavy atom. The number of aliphatic carboxylic acids is 1. The molecule has 1 saturated heterocycles. The molecule has 1 fully saturated rings. The molecule has 0 bridgehead atoms. The van der Waals surface area contributed by atoms with E-state index in [9.17, 15) is 9.59 Å². The molecular formula is C23H37N3O4. The molecular weight excluding hydrogens is 382 g/mol. The van der Waals surface area contributed by atoms with Crippen LogP contribution in [-0.2, 0) is 14.3 Å². The third-order valence-electron chi connectivity index (χ3n) is 5.75. The lowest BCUT2D eigenvalue weighted by atomic mass is 9.95. The predicted octanol–water partition coefficient (Wildman–Crippen LogP) is 3.34. The Kier molecular flexibility index (Phi) is 8.96. The average Bonchev–Trinajstić information content (AvgIpc) is 2.70. The number of anilines is 2. The first kappa shape index (κ1) is 24.0. The summed E-state index contributed by atoms with van der Waals surface area (Å²) in [6.07, 6.45) is 2.33. The smallest absolute Gasteiger partial charge is 0.303 e. The second-order valence-electron chi connectivity index (χ2n) is 8.72. The predicted molar refractivity (Wildman–Crippen MR) is 120 cm³/mol. The van der Waals surface area contributed by atoms with Gasteiger partial charge < -0.3 is 25.4 Å². The lowest BCUT2D eigenvalue weighted by molar-refractivity contribution is -0.137. The second kappa shape index (κ2) is 11.2. The molecule has 0 saturated carbocycles. The number of ether oxygens (including phenoxy) is 1. The Morgan fingerprint density at radius 1 is 1.27 bits per heavy atom. The molecule has 1 atom stereocenters. The summed E-state index contributed by atoms with van der Waals surface area (Å²) in [6.45, 7) is 9.12. The molecule has 1 aliphatic heterocycles. The summed E-state index contributed by atoms with van der Waals surface area (Å²) >= 11 is 0. The number of carboxylic acid groups (broad SMARTS) is 1. The van der Waals surface area contributed by atoms with Gasteiger partial charge in [-0.05, 0) is 42.4 Å². The van der Waals surface area contributed by atoms with Crippen LogP contribution in [0.15, 0.2) is 18.2 Å². The Morgan fingerprint density at radius 3 is 2.47 bits per heavy atom. The highest BCUT2D eigenvalue weighted by Gasteiger charge is 2.28. The van der Waals surface area contributed by atoms with Crippen molar-refractivity contribution in [1.82, 2.24) is 4.90 Å². The number of nitrogens with two attached hydrogens (primary N) is 1. The van der Waals surface area contributed by atoms with Gasteiger partial charge in [0.05, 0.1) is 30.8 Å². The van der Waals surface area contributed by atoms with Gasteiger partial charge in [0, 0.05) is 32.8 Å². The first-order valence-corrected chi connectivity index (χ1v) is 10.9. The summed E-state index contributed by atoms with van der Waals surface area (Å²) in [5.41, 5.74) is 9.07. The van der Waals surface area contributed by atoms with Crippen molar-refractivity contribution in [3.05, 3.63) is 23.8 Å². The van der Waals surface area contributed by atoms with Crippen molar-refractivity contribution in [2.75, 3.05) is 44.0 Å². The minimum absolute atomic E-state index is 0.0845. The number of nitrogen functional groups attached to an aromatic ring is 1. The van der Waals surface area contributed by atoms with Gasteiger partial charge in [-0.15, -0.1) is 0 Å². The lowest BCUT2D eigenvalue weighted by Crippen LogP contribution is -2.48. The van der Waals surface area contributed by atoms with Crippen LogP contribution in [0, 0.1) is 5.92 Å². The Bertz CT molecular complexity index is 714. The zero-order valence-electron chi connectivity index (χ0n) is 18.8. The van der Waals surface area contributed by atoms with Crippen LogP contribution in [0.2, 0.25) is 0 Å².